The van der Waals surface area contributed by atoms with Gasteiger partial charge in [-0.2, -0.15) is 0 Å². The van der Waals surface area contributed by atoms with Crippen LogP contribution in [0.3, 0.4) is 0 Å². The predicted octanol–water partition coefficient (Wildman–Crippen LogP) is 4.81. The molecular formula is C14H26. The molecule has 0 aromatic carbocycles. The summed E-state index contributed by atoms with van der Waals surface area (Å²) in [5.41, 5.74) is 0. The fourth-order valence-corrected chi connectivity index (χ4v) is 2.82. The van der Waals surface area contributed by atoms with E-state index in [0.717, 1.165) is 17.8 Å². The van der Waals surface area contributed by atoms with Gasteiger partial charge in [0.2, 0.25) is 0 Å². The van der Waals surface area contributed by atoms with Crippen LogP contribution < -0.4 is 0 Å². The lowest BCUT2D eigenvalue weighted by Gasteiger charge is -2.37. The quantitative estimate of drug-likeness (QED) is 0.486. The van der Waals surface area contributed by atoms with E-state index in [-0.39, 0.29) is 0 Å². The van der Waals surface area contributed by atoms with Crippen molar-refractivity contribution >= 4 is 0 Å². The second kappa shape index (κ2) is 6.27. The summed E-state index contributed by atoms with van der Waals surface area (Å²) >= 11 is 0. The molecule has 0 radical (unpaired) electrons. The molecule has 0 heteroatoms. The minimum Gasteiger partial charge on any atom is -0.0882 e. The van der Waals surface area contributed by atoms with Gasteiger partial charge in [-0.05, 0) is 37.0 Å². The largest absolute Gasteiger partial charge is 0.0882 e. The smallest absolute Gasteiger partial charge is 0.0202 e. The van der Waals surface area contributed by atoms with Crippen LogP contribution in [0.15, 0.2) is 12.2 Å². The summed E-state index contributed by atoms with van der Waals surface area (Å²) in [6, 6.07) is 0. The third kappa shape index (κ3) is 3.15. The van der Waals surface area contributed by atoms with Gasteiger partial charge in [0.1, 0.15) is 0 Å². The van der Waals surface area contributed by atoms with Crippen LogP contribution >= 0.6 is 0 Å². The Morgan fingerprint density at radius 1 is 1.14 bits per heavy atom. The Hall–Kier alpha value is -0.260. The van der Waals surface area contributed by atoms with Crippen molar-refractivity contribution in [1.29, 1.82) is 0 Å². The molecule has 3 atom stereocenters. The molecule has 2 aliphatic rings. The Labute approximate surface area is 89.8 Å². The molecule has 3 unspecified atom stereocenters. The third-order valence-corrected chi connectivity index (χ3v) is 3.53. The van der Waals surface area contributed by atoms with Crippen molar-refractivity contribution in [2.45, 2.75) is 59.3 Å². The van der Waals surface area contributed by atoms with Crippen molar-refractivity contribution in [1.82, 2.24) is 0 Å². The minimum absolute atomic E-state index is 0.951. The van der Waals surface area contributed by atoms with Gasteiger partial charge in [-0.25, -0.2) is 0 Å². The van der Waals surface area contributed by atoms with E-state index < -0.39 is 0 Å². The molecule has 0 saturated heterocycles. The molecule has 0 N–H and O–H groups in total. The van der Waals surface area contributed by atoms with Crippen molar-refractivity contribution in [2.75, 3.05) is 0 Å². The van der Waals surface area contributed by atoms with E-state index in [2.05, 4.69) is 32.9 Å². The fraction of sp³-hybridized carbons (Fsp3) is 0.857. The summed E-state index contributed by atoms with van der Waals surface area (Å²) in [4.78, 5) is 0. The maximum absolute atomic E-state index is 2.48. The number of fused-ring (bicyclic) bond motifs is 1. The maximum Gasteiger partial charge on any atom is -0.0202 e. The standard InChI is InChI=1S/C11H18.C3H8/c1-9-5-4-7-10-6-2-3-8-11(9)10;1-3-2/h2,6,9-11H,3-5,7-8H2,1H3;3H2,1-2H3. The highest BCUT2D eigenvalue weighted by Crippen LogP contribution is 2.40. The first-order valence-electron chi connectivity index (χ1n) is 6.46. The van der Waals surface area contributed by atoms with Crippen LogP contribution in [-0.2, 0) is 0 Å². The average molecular weight is 194 g/mol. The van der Waals surface area contributed by atoms with Crippen molar-refractivity contribution in [3.63, 3.8) is 0 Å². The van der Waals surface area contributed by atoms with Gasteiger partial charge in [-0.15, -0.1) is 0 Å². The van der Waals surface area contributed by atoms with Crippen molar-refractivity contribution in [3.05, 3.63) is 12.2 Å². The zero-order chi connectivity index (χ0) is 10.4. The molecule has 82 valence electrons. The molecule has 0 bridgehead atoms. The van der Waals surface area contributed by atoms with Crippen LogP contribution in [0.25, 0.3) is 0 Å². The van der Waals surface area contributed by atoms with Gasteiger partial charge >= 0.3 is 0 Å². The van der Waals surface area contributed by atoms with E-state index in [1.165, 1.54) is 38.5 Å². The van der Waals surface area contributed by atoms with Gasteiger partial charge < -0.3 is 0 Å². The van der Waals surface area contributed by atoms with Gasteiger partial charge in [0.15, 0.2) is 0 Å². The molecule has 0 nitrogen and oxygen atoms in total. The monoisotopic (exact) mass is 194 g/mol. The van der Waals surface area contributed by atoms with Crippen LogP contribution in [0.1, 0.15) is 59.3 Å². The SMILES string of the molecule is CC1CCCC2C=CCCC12.CCC. The summed E-state index contributed by atoms with van der Waals surface area (Å²) in [6.45, 7) is 6.69. The summed E-state index contributed by atoms with van der Waals surface area (Å²) in [5, 5.41) is 0. The molecule has 1 fully saturated rings. The molecule has 1 saturated carbocycles. The maximum atomic E-state index is 2.48. The molecule has 0 amide bonds. The molecule has 0 aromatic rings. The van der Waals surface area contributed by atoms with Crippen LogP contribution in [-0.4, -0.2) is 0 Å². The highest BCUT2D eigenvalue weighted by molar-refractivity contribution is 4.99. The van der Waals surface area contributed by atoms with E-state index in [1.54, 1.807) is 0 Å². The summed E-state index contributed by atoms with van der Waals surface area (Å²) in [5.74, 6) is 2.99. The Morgan fingerprint density at radius 2 is 1.86 bits per heavy atom. The second-order valence-electron chi connectivity index (χ2n) is 4.95. The first-order valence-corrected chi connectivity index (χ1v) is 6.46. The molecule has 2 aliphatic carbocycles. The highest BCUT2D eigenvalue weighted by atomic mass is 14.3. The van der Waals surface area contributed by atoms with Crippen LogP contribution in [0.4, 0.5) is 0 Å². The second-order valence-corrected chi connectivity index (χ2v) is 4.95. The first-order chi connectivity index (χ1) is 6.79. The minimum atomic E-state index is 0.951. The number of hydrogen-bond acceptors (Lipinski definition) is 0. The Morgan fingerprint density at radius 3 is 2.50 bits per heavy atom. The Bertz CT molecular complexity index is 169. The van der Waals surface area contributed by atoms with E-state index in [4.69, 9.17) is 0 Å². The van der Waals surface area contributed by atoms with Crippen LogP contribution in [0.5, 0.6) is 0 Å². The van der Waals surface area contributed by atoms with E-state index >= 15 is 0 Å². The van der Waals surface area contributed by atoms with E-state index in [1.807, 2.05) is 0 Å². The first kappa shape index (κ1) is 11.8. The van der Waals surface area contributed by atoms with Gasteiger partial charge in [0.25, 0.3) is 0 Å². The average Bonchev–Trinajstić information content (AvgIpc) is 2.20. The van der Waals surface area contributed by atoms with Gasteiger partial charge in [0, 0.05) is 0 Å². The molecule has 0 aromatic heterocycles. The molecule has 2 rings (SSSR count). The molecule has 0 aliphatic heterocycles. The highest BCUT2D eigenvalue weighted by Gasteiger charge is 2.29. The summed E-state index contributed by atoms with van der Waals surface area (Å²) < 4.78 is 0. The zero-order valence-corrected chi connectivity index (χ0v) is 10.1. The number of rotatable bonds is 0. The Kier molecular flexibility index (Phi) is 5.29. The number of hydrogen-bond donors (Lipinski definition) is 0. The third-order valence-electron chi connectivity index (χ3n) is 3.53. The van der Waals surface area contributed by atoms with Crippen LogP contribution in [0.2, 0.25) is 0 Å². The lowest BCUT2D eigenvalue weighted by Crippen LogP contribution is -2.26. The normalized spacial score (nSPS) is 35.5. The molecule has 0 heterocycles. The zero-order valence-electron chi connectivity index (χ0n) is 10.1. The lowest BCUT2D eigenvalue weighted by atomic mass is 9.69. The van der Waals surface area contributed by atoms with Gasteiger partial charge in [-0.3, -0.25) is 0 Å². The van der Waals surface area contributed by atoms with Crippen molar-refractivity contribution in [3.8, 4) is 0 Å². The van der Waals surface area contributed by atoms with Gasteiger partial charge in [0.05, 0.1) is 0 Å². The fourth-order valence-electron chi connectivity index (χ4n) is 2.82. The predicted molar refractivity (Wildman–Crippen MR) is 64.3 cm³/mol. The van der Waals surface area contributed by atoms with Gasteiger partial charge in [-0.1, -0.05) is 52.2 Å². The molecule has 14 heavy (non-hydrogen) atoms. The van der Waals surface area contributed by atoms with E-state index in [0.29, 0.717) is 0 Å². The van der Waals surface area contributed by atoms with E-state index in [9.17, 15) is 0 Å². The summed E-state index contributed by atoms with van der Waals surface area (Å²) in [6.07, 6.45) is 13.3. The van der Waals surface area contributed by atoms with Crippen LogP contribution in [0, 0.1) is 17.8 Å². The molecule has 0 spiro atoms. The Balaban J connectivity index is 0.000000293. The molecular weight excluding hydrogens is 168 g/mol. The van der Waals surface area contributed by atoms with Crippen molar-refractivity contribution in [2.24, 2.45) is 17.8 Å². The number of allylic oxidation sites excluding steroid dienone is 2. The summed E-state index contributed by atoms with van der Waals surface area (Å²) in [7, 11) is 0. The topological polar surface area (TPSA) is 0 Å². The lowest BCUT2D eigenvalue weighted by molar-refractivity contribution is 0.181. The van der Waals surface area contributed by atoms with Crippen molar-refractivity contribution < 1.29 is 0 Å².